The highest BCUT2D eigenvalue weighted by Gasteiger charge is 2.29. The largest absolute Gasteiger partial charge is 0.373 e. The van der Waals surface area contributed by atoms with E-state index in [-0.39, 0.29) is 5.82 Å². The molecule has 0 bridgehead atoms. The quantitative estimate of drug-likeness (QED) is 0.649. The van der Waals surface area contributed by atoms with E-state index in [4.69, 9.17) is 5.10 Å². The van der Waals surface area contributed by atoms with Gasteiger partial charge in [-0.05, 0) is 40.8 Å². The summed E-state index contributed by atoms with van der Waals surface area (Å²) in [6.07, 6.45) is 3.62. The molecule has 8 nitrogen and oxygen atoms in total. The maximum atomic E-state index is 14.7. The lowest BCUT2D eigenvalue weighted by molar-refractivity contribution is 0.206. The average Bonchev–Trinajstić information content (AvgIpc) is 3.37. The van der Waals surface area contributed by atoms with Crippen LogP contribution < -0.4 is 10.2 Å². The van der Waals surface area contributed by atoms with Gasteiger partial charge in [0.15, 0.2) is 23.1 Å². The molecule has 0 amide bonds. The summed E-state index contributed by atoms with van der Waals surface area (Å²) < 4.78 is 16.5. The lowest BCUT2D eigenvalue weighted by Crippen LogP contribution is -2.31. The molecule has 4 rings (SSSR count). The highest BCUT2D eigenvalue weighted by Crippen LogP contribution is 2.32. The first-order chi connectivity index (χ1) is 14.7. The molecule has 4 heterocycles. The molecule has 1 atom stereocenters. The highest BCUT2D eigenvalue weighted by atomic mass is 19.1. The van der Waals surface area contributed by atoms with Crippen molar-refractivity contribution in [3.05, 3.63) is 29.8 Å². The van der Waals surface area contributed by atoms with Crippen LogP contribution in [0.2, 0.25) is 0 Å². The first kappa shape index (κ1) is 21.4. The zero-order chi connectivity index (χ0) is 22.3. The van der Waals surface area contributed by atoms with Gasteiger partial charge < -0.3 is 15.1 Å². The van der Waals surface area contributed by atoms with Gasteiger partial charge in [-0.15, -0.1) is 5.10 Å². The van der Waals surface area contributed by atoms with Crippen LogP contribution in [0, 0.1) is 0 Å². The maximum absolute atomic E-state index is 14.7. The molecule has 0 spiro atoms. The Morgan fingerprint density at radius 3 is 2.65 bits per heavy atom. The summed E-state index contributed by atoms with van der Waals surface area (Å²) in [7, 11) is 6.06. The number of aryl methyl sites for hydroxylation is 1. The third-order valence-corrected chi connectivity index (χ3v) is 5.87. The fourth-order valence-corrected chi connectivity index (χ4v) is 3.93. The van der Waals surface area contributed by atoms with E-state index in [9.17, 15) is 4.39 Å². The van der Waals surface area contributed by atoms with Crippen molar-refractivity contribution in [3.8, 4) is 5.82 Å². The Bertz CT molecular complexity index is 1090. The van der Waals surface area contributed by atoms with Gasteiger partial charge in [-0.2, -0.15) is 0 Å². The number of nitrogens with zero attached hydrogens (tertiary/aromatic N) is 7. The van der Waals surface area contributed by atoms with Crippen molar-refractivity contribution >= 4 is 22.5 Å². The van der Waals surface area contributed by atoms with Crippen molar-refractivity contribution in [1.29, 1.82) is 0 Å². The monoisotopic (exact) mass is 426 g/mol. The van der Waals surface area contributed by atoms with E-state index in [1.165, 1.54) is 13.8 Å². The van der Waals surface area contributed by atoms with E-state index in [0.717, 1.165) is 47.7 Å². The molecule has 3 aromatic heterocycles. The minimum atomic E-state index is -1.64. The summed E-state index contributed by atoms with van der Waals surface area (Å²) in [6.45, 7) is 6.79. The zero-order valence-electron chi connectivity index (χ0n) is 19.1. The van der Waals surface area contributed by atoms with Crippen LogP contribution >= 0.6 is 0 Å². The van der Waals surface area contributed by atoms with Gasteiger partial charge in [0.25, 0.3) is 0 Å². The number of alkyl halides is 1. The third kappa shape index (κ3) is 4.06. The molecule has 0 aromatic carbocycles. The van der Waals surface area contributed by atoms with E-state index in [0.29, 0.717) is 18.3 Å². The lowest BCUT2D eigenvalue weighted by Gasteiger charge is -2.20. The second-order valence-corrected chi connectivity index (χ2v) is 8.79. The third-order valence-electron chi connectivity index (χ3n) is 5.87. The number of rotatable bonds is 6. The minimum Gasteiger partial charge on any atom is -0.373 e. The number of nitrogens with one attached hydrogen (secondary N) is 1. The molecule has 0 aliphatic carbocycles. The van der Waals surface area contributed by atoms with Crippen LogP contribution in [0.1, 0.15) is 38.7 Å². The molecule has 1 aliphatic heterocycles. The van der Waals surface area contributed by atoms with E-state index < -0.39 is 5.67 Å². The molecule has 1 saturated heterocycles. The molecule has 1 unspecified atom stereocenters. The molecule has 0 radical (unpaired) electrons. The Hall–Kier alpha value is -2.81. The standard InChI is InChI=1S/C22H31FN8/c1-7-14-10-19(27-21(26-14)22(2,3)23)31-17-11-18(24-4)25-12-16(17)20(28-31)30-9-8-15(13-30)29(5)6/h10-12,15H,7-9,13H2,1-6H3,(H,24,25). The van der Waals surface area contributed by atoms with Crippen LogP contribution in [-0.2, 0) is 12.1 Å². The summed E-state index contributed by atoms with van der Waals surface area (Å²) >= 11 is 0. The van der Waals surface area contributed by atoms with Crippen molar-refractivity contribution in [3.63, 3.8) is 0 Å². The molecule has 1 N–H and O–H groups in total. The summed E-state index contributed by atoms with van der Waals surface area (Å²) in [6, 6.07) is 4.33. The fourth-order valence-electron chi connectivity index (χ4n) is 3.93. The van der Waals surface area contributed by atoms with Gasteiger partial charge in [0, 0.05) is 50.2 Å². The number of hydrogen-bond donors (Lipinski definition) is 1. The van der Waals surface area contributed by atoms with Gasteiger partial charge in [0.05, 0.1) is 10.9 Å². The van der Waals surface area contributed by atoms with Gasteiger partial charge in [-0.1, -0.05) is 6.92 Å². The van der Waals surface area contributed by atoms with Gasteiger partial charge in [-0.25, -0.2) is 24.0 Å². The SMILES string of the molecule is CCc1cc(-n2nc(N3CCC(N(C)C)C3)c3cnc(NC)cc32)nc(C(C)(C)F)n1. The Kier molecular flexibility index (Phi) is 5.55. The van der Waals surface area contributed by atoms with Crippen LogP contribution in [0.4, 0.5) is 16.0 Å². The molecule has 1 fully saturated rings. The summed E-state index contributed by atoms with van der Waals surface area (Å²) in [5, 5.41) is 9.00. The normalized spacial score (nSPS) is 17.2. The number of hydrogen-bond acceptors (Lipinski definition) is 7. The predicted octanol–water partition coefficient (Wildman–Crippen LogP) is 3.16. The Balaban J connectivity index is 1.89. The first-order valence-electron chi connectivity index (χ1n) is 10.8. The Labute approximate surface area is 182 Å². The number of fused-ring (bicyclic) bond motifs is 1. The second kappa shape index (κ2) is 8.03. The average molecular weight is 427 g/mol. The van der Waals surface area contributed by atoms with Gasteiger partial charge in [-0.3, -0.25) is 0 Å². The second-order valence-electron chi connectivity index (χ2n) is 8.79. The summed E-state index contributed by atoms with van der Waals surface area (Å²) in [5.41, 5.74) is 0.0239. The number of likely N-dealkylation sites (N-methyl/N-ethyl adjacent to an activating group) is 1. The first-order valence-corrected chi connectivity index (χ1v) is 10.8. The molecule has 9 heteroatoms. The summed E-state index contributed by atoms with van der Waals surface area (Å²) in [5.74, 6) is 2.36. The number of pyridine rings is 1. The minimum absolute atomic E-state index is 0.170. The fraction of sp³-hybridized carbons (Fsp3) is 0.545. The van der Waals surface area contributed by atoms with Crippen LogP contribution in [0.3, 0.4) is 0 Å². The maximum Gasteiger partial charge on any atom is 0.167 e. The Morgan fingerprint density at radius 2 is 2.03 bits per heavy atom. The van der Waals surface area contributed by atoms with Gasteiger partial charge in [0.2, 0.25) is 0 Å². The molecular formula is C22H31FN8. The molecule has 1 aliphatic rings. The topological polar surface area (TPSA) is 75.0 Å². The lowest BCUT2D eigenvalue weighted by atomic mass is 10.1. The van der Waals surface area contributed by atoms with Crippen molar-refractivity contribution in [2.45, 2.75) is 45.3 Å². The van der Waals surface area contributed by atoms with Crippen molar-refractivity contribution in [2.75, 3.05) is 44.4 Å². The van der Waals surface area contributed by atoms with Crippen LogP contribution in [0.15, 0.2) is 18.3 Å². The molecule has 3 aromatic rings. The highest BCUT2D eigenvalue weighted by molar-refractivity contribution is 5.92. The number of anilines is 2. The van der Waals surface area contributed by atoms with E-state index in [2.05, 4.69) is 44.2 Å². The predicted molar refractivity (Wildman–Crippen MR) is 122 cm³/mol. The van der Waals surface area contributed by atoms with Crippen molar-refractivity contribution in [2.24, 2.45) is 0 Å². The van der Waals surface area contributed by atoms with Gasteiger partial charge >= 0.3 is 0 Å². The smallest absolute Gasteiger partial charge is 0.167 e. The molecule has 0 saturated carbocycles. The van der Waals surface area contributed by atoms with E-state index in [1.807, 2.05) is 32.3 Å². The van der Waals surface area contributed by atoms with Gasteiger partial charge in [0.1, 0.15) is 5.82 Å². The molecule has 31 heavy (non-hydrogen) atoms. The van der Waals surface area contributed by atoms with Crippen LogP contribution in [0.5, 0.6) is 0 Å². The number of aromatic nitrogens is 5. The van der Waals surface area contributed by atoms with Crippen LogP contribution in [0.25, 0.3) is 16.7 Å². The van der Waals surface area contributed by atoms with E-state index in [1.54, 1.807) is 4.68 Å². The molecule has 166 valence electrons. The Morgan fingerprint density at radius 1 is 1.26 bits per heavy atom. The van der Waals surface area contributed by atoms with E-state index >= 15 is 0 Å². The summed E-state index contributed by atoms with van der Waals surface area (Å²) in [4.78, 5) is 18.0. The van der Waals surface area contributed by atoms with Crippen molar-refractivity contribution in [1.82, 2.24) is 29.6 Å². The zero-order valence-corrected chi connectivity index (χ0v) is 19.1. The molecular weight excluding hydrogens is 395 g/mol. The number of halogens is 1. The van der Waals surface area contributed by atoms with Crippen LogP contribution in [-0.4, -0.2) is 69.9 Å². The van der Waals surface area contributed by atoms with Crippen molar-refractivity contribution < 1.29 is 4.39 Å².